The predicted molar refractivity (Wildman–Crippen MR) is 122 cm³/mol. The van der Waals surface area contributed by atoms with Crippen LogP contribution in [0.25, 0.3) is 0 Å². The van der Waals surface area contributed by atoms with E-state index in [1.807, 2.05) is 4.90 Å². The fourth-order valence-electron chi connectivity index (χ4n) is 6.27. The van der Waals surface area contributed by atoms with Crippen molar-refractivity contribution >= 4 is 6.09 Å². The van der Waals surface area contributed by atoms with Crippen molar-refractivity contribution < 1.29 is 28.8 Å². The van der Waals surface area contributed by atoms with Crippen LogP contribution in [0.5, 0.6) is 0 Å². The Balaban J connectivity index is 1.15. The van der Waals surface area contributed by atoms with Gasteiger partial charge in [-0.1, -0.05) is 11.6 Å². The summed E-state index contributed by atoms with van der Waals surface area (Å²) in [5, 5.41) is 9.40. The zero-order valence-corrected chi connectivity index (χ0v) is 20.5. The number of carbonyl (C=O) groups excluding carboxylic acids is 1. The number of rotatable bonds is 8. The summed E-state index contributed by atoms with van der Waals surface area (Å²) >= 11 is 0. The van der Waals surface area contributed by atoms with Gasteiger partial charge in [-0.25, -0.2) is 4.79 Å². The molecule has 5 aliphatic rings. The summed E-state index contributed by atoms with van der Waals surface area (Å²) in [6, 6.07) is 0. The number of allylic oxidation sites excluding steroid dienone is 1. The first-order valence-corrected chi connectivity index (χ1v) is 12.6. The molecular weight excluding hydrogens is 424 g/mol. The molecule has 1 N–H and O–H groups in total. The molecule has 33 heavy (non-hydrogen) atoms. The lowest BCUT2D eigenvalue weighted by atomic mass is 9.68. The second-order valence-electron chi connectivity index (χ2n) is 11.3. The lowest BCUT2D eigenvalue weighted by Gasteiger charge is -2.45. The van der Waals surface area contributed by atoms with E-state index >= 15 is 0 Å². The SMILES string of the molecule is COC1C(OC(=O)N2CC(CCN3CC(O)C3)C2)CCC2(CO2)C1[C@@]1(C)O[C@@H]1CC=C(C)C. The minimum Gasteiger partial charge on any atom is -0.443 e. The first-order chi connectivity index (χ1) is 15.7. The first kappa shape index (κ1) is 23.5. The molecule has 0 aromatic carbocycles. The Morgan fingerprint density at radius 1 is 1.24 bits per heavy atom. The van der Waals surface area contributed by atoms with E-state index in [4.69, 9.17) is 18.9 Å². The van der Waals surface area contributed by atoms with Crippen LogP contribution in [0, 0.1) is 11.8 Å². The molecule has 186 valence electrons. The van der Waals surface area contributed by atoms with E-state index < -0.39 is 0 Å². The third-order valence-corrected chi connectivity index (χ3v) is 8.50. The molecule has 4 aliphatic heterocycles. The average molecular weight is 465 g/mol. The topological polar surface area (TPSA) is 87.3 Å². The van der Waals surface area contributed by atoms with Crippen LogP contribution < -0.4 is 0 Å². The zero-order valence-electron chi connectivity index (χ0n) is 20.5. The van der Waals surface area contributed by atoms with Gasteiger partial charge in [-0.2, -0.15) is 0 Å². The molecule has 1 saturated carbocycles. The largest absolute Gasteiger partial charge is 0.443 e. The summed E-state index contributed by atoms with van der Waals surface area (Å²) in [6.45, 7) is 11.2. The molecule has 8 nitrogen and oxygen atoms in total. The van der Waals surface area contributed by atoms with E-state index in [9.17, 15) is 9.90 Å². The van der Waals surface area contributed by atoms with Crippen LogP contribution in [0.4, 0.5) is 4.79 Å². The highest BCUT2D eigenvalue weighted by molar-refractivity contribution is 5.69. The number of nitrogens with zero attached hydrogens (tertiary/aromatic N) is 2. The van der Waals surface area contributed by atoms with E-state index in [1.165, 1.54) is 5.57 Å². The summed E-state index contributed by atoms with van der Waals surface area (Å²) in [6.07, 6.45) is 5.04. The van der Waals surface area contributed by atoms with Gasteiger partial charge in [-0.15, -0.1) is 0 Å². The number of aliphatic hydroxyl groups excluding tert-OH is 1. The zero-order chi connectivity index (χ0) is 23.4. The van der Waals surface area contributed by atoms with Gasteiger partial charge < -0.3 is 29.0 Å². The summed E-state index contributed by atoms with van der Waals surface area (Å²) < 4.78 is 24.2. The van der Waals surface area contributed by atoms with E-state index in [2.05, 4.69) is 31.7 Å². The van der Waals surface area contributed by atoms with Gasteiger partial charge in [-0.05, 0) is 58.9 Å². The maximum Gasteiger partial charge on any atom is 0.410 e. The van der Waals surface area contributed by atoms with E-state index in [0.717, 1.165) is 65.0 Å². The van der Waals surface area contributed by atoms with Crippen LogP contribution in [0.2, 0.25) is 0 Å². The highest BCUT2D eigenvalue weighted by Crippen LogP contribution is 2.59. The third-order valence-electron chi connectivity index (χ3n) is 8.50. The quantitative estimate of drug-likeness (QED) is 0.435. The summed E-state index contributed by atoms with van der Waals surface area (Å²) in [4.78, 5) is 16.9. The van der Waals surface area contributed by atoms with E-state index in [1.54, 1.807) is 7.11 Å². The molecule has 1 aliphatic carbocycles. The Kier molecular flexibility index (Phi) is 6.27. The van der Waals surface area contributed by atoms with Crippen LogP contribution in [0.3, 0.4) is 0 Å². The molecule has 0 aromatic heterocycles. The number of β-amino-alcohol motifs (C(OH)–C–C–N with tert-alkyl or cyclic N) is 1. The maximum atomic E-state index is 12.9. The van der Waals surface area contributed by atoms with Crippen LogP contribution in [-0.4, -0.2) is 103 Å². The molecule has 1 amide bonds. The number of carbonyl (C=O) groups is 1. The molecule has 4 saturated heterocycles. The Hall–Kier alpha value is -1.19. The molecule has 5 rings (SSSR count). The van der Waals surface area contributed by atoms with Gasteiger partial charge >= 0.3 is 6.09 Å². The lowest BCUT2D eigenvalue weighted by molar-refractivity contribution is -0.124. The second kappa shape index (κ2) is 8.79. The minimum absolute atomic E-state index is 0.0492. The normalized spacial score (nSPS) is 40.8. The second-order valence-corrected chi connectivity index (χ2v) is 11.3. The summed E-state index contributed by atoms with van der Waals surface area (Å²) in [5.74, 6) is 0.568. The predicted octanol–water partition coefficient (Wildman–Crippen LogP) is 2.20. The highest BCUT2D eigenvalue weighted by Gasteiger charge is 2.72. The Morgan fingerprint density at radius 3 is 2.58 bits per heavy atom. The van der Waals surface area contributed by atoms with Gasteiger partial charge in [0.25, 0.3) is 0 Å². The molecule has 8 heteroatoms. The Morgan fingerprint density at radius 2 is 1.97 bits per heavy atom. The molecule has 6 atom stereocenters. The highest BCUT2D eigenvalue weighted by atomic mass is 16.6. The number of hydrogen-bond acceptors (Lipinski definition) is 7. The fourth-order valence-corrected chi connectivity index (χ4v) is 6.27. The average Bonchev–Trinajstić information content (AvgIpc) is 3.62. The van der Waals surface area contributed by atoms with E-state index in [0.29, 0.717) is 5.92 Å². The van der Waals surface area contributed by atoms with Gasteiger partial charge in [0.1, 0.15) is 23.4 Å². The third kappa shape index (κ3) is 4.57. The van der Waals surface area contributed by atoms with Gasteiger partial charge in [0, 0.05) is 33.3 Å². The van der Waals surface area contributed by atoms with E-state index in [-0.39, 0.29) is 47.6 Å². The standard InChI is InChI=1S/C25H40N2O6/c1-16(2)5-6-20-24(3,33-20)22-21(30-4)19(7-9-25(22)15-31-25)32-23(29)27-11-17(12-27)8-10-26-13-18(28)14-26/h5,17-22,28H,6-15H2,1-4H3/t19?,20-,21?,22?,24+,25?/m1/s1. The number of amides is 1. The molecule has 4 heterocycles. The number of epoxide rings is 2. The van der Waals surface area contributed by atoms with Crippen LogP contribution in [0.1, 0.15) is 46.5 Å². The minimum atomic E-state index is -0.319. The van der Waals surface area contributed by atoms with Crippen molar-refractivity contribution in [3.05, 3.63) is 11.6 Å². The van der Waals surface area contributed by atoms with Crippen molar-refractivity contribution in [1.29, 1.82) is 0 Å². The van der Waals surface area contributed by atoms with Crippen LogP contribution in [0.15, 0.2) is 11.6 Å². The van der Waals surface area contributed by atoms with Crippen LogP contribution in [-0.2, 0) is 18.9 Å². The smallest absolute Gasteiger partial charge is 0.410 e. The maximum absolute atomic E-state index is 12.9. The summed E-state index contributed by atoms with van der Waals surface area (Å²) in [7, 11) is 1.71. The Bertz CT molecular complexity index is 769. The van der Waals surface area contributed by atoms with Gasteiger partial charge in [-0.3, -0.25) is 4.90 Å². The molecule has 0 aromatic rings. The van der Waals surface area contributed by atoms with Gasteiger partial charge in [0.2, 0.25) is 0 Å². The monoisotopic (exact) mass is 464 g/mol. The van der Waals surface area contributed by atoms with Crippen LogP contribution >= 0.6 is 0 Å². The van der Waals surface area contributed by atoms with Crippen molar-refractivity contribution in [1.82, 2.24) is 9.80 Å². The van der Waals surface area contributed by atoms with Crippen molar-refractivity contribution in [3.63, 3.8) is 0 Å². The van der Waals surface area contributed by atoms with Crippen molar-refractivity contribution in [2.45, 2.75) is 82.1 Å². The molecule has 5 fully saturated rings. The van der Waals surface area contributed by atoms with Gasteiger partial charge in [0.05, 0.1) is 24.7 Å². The lowest BCUT2D eigenvalue weighted by Crippen LogP contribution is -2.58. The van der Waals surface area contributed by atoms with Gasteiger partial charge in [0.15, 0.2) is 0 Å². The first-order valence-electron chi connectivity index (χ1n) is 12.6. The number of aliphatic hydroxyl groups is 1. The van der Waals surface area contributed by atoms with Crippen molar-refractivity contribution in [2.75, 3.05) is 46.4 Å². The number of likely N-dealkylation sites (tertiary alicyclic amines) is 2. The van der Waals surface area contributed by atoms with Crippen molar-refractivity contribution in [3.8, 4) is 0 Å². The molecule has 0 bridgehead atoms. The number of methoxy groups -OCH3 is 1. The molecule has 4 unspecified atom stereocenters. The molecular formula is C25H40N2O6. The number of hydrogen-bond donors (Lipinski definition) is 1. The fraction of sp³-hybridized carbons (Fsp3) is 0.880. The van der Waals surface area contributed by atoms with Crippen molar-refractivity contribution in [2.24, 2.45) is 11.8 Å². The molecule has 1 spiro atoms. The number of ether oxygens (including phenoxy) is 4. The Labute approximate surface area is 197 Å². The molecule has 0 radical (unpaired) electrons. The summed E-state index contributed by atoms with van der Waals surface area (Å²) in [5.41, 5.74) is 0.768.